The Morgan fingerprint density at radius 2 is 2.05 bits per heavy atom. The second kappa shape index (κ2) is 5.08. The first-order chi connectivity index (χ1) is 9.11. The third-order valence-corrected chi connectivity index (χ3v) is 5.91. The molecule has 0 aromatic heterocycles. The van der Waals surface area contributed by atoms with Gasteiger partial charge in [0.05, 0.1) is 6.04 Å². The summed E-state index contributed by atoms with van der Waals surface area (Å²) in [7, 11) is 0. The number of amides is 1. The van der Waals surface area contributed by atoms with Crippen molar-refractivity contribution in [2.75, 3.05) is 6.54 Å². The first kappa shape index (κ1) is 13.4. The highest BCUT2D eigenvalue weighted by atomic mass is 16.2. The lowest BCUT2D eigenvalue weighted by molar-refractivity contribution is -0.123. The van der Waals surface area contributed by atoms with Gasteiger partial charge < -0.3 is 10.6 Å². The fourth-order valence-corrected chi connectivity index (χ4v) is 4.03. The molecule has 108 valence electrons. The standard InChI is InChI=1S/C16H28N2O/c1-11(2)16(7-8-16)10-17-15(19)14-9-12-5-3-4-6-13(12)18-14/h11-14,18H,3-10H2,1-2H3,(H,17,19). The van der Waals surface area contributed by atoms with Crippen LogP contribution in [-0.2, 0) is 4.79 Å². The predicted octanol–water partition coefficient (Wildman–Crippen LogP) is 2.46. The maximum absolute atomic E-state index is 12.3. The van der Waals surface area contributed by atoms with Crippen molar-refractivity contribution in [1.82, 2.24) is 10.6 Å². The summed E-state index contributed by atoms with van der Waals surface area (Å²) in [5.41, 5.74) is 0.418. The highest BCUT2D eigenvalue weighted by Gasteiger charge is 2.46. The molecule has 1 amide bonds. The molecule has 1 aliphatic heterocycles. The van der Waals surface area contributed by atoms with E-state index in [-0.39, 0.29) is 11.9 Å². The molecule has 0 radical (unpaired) electrons. The van der Waals surface area contributed by atoms with Gasteiger partial charge in [-0.3, -0.25) is 4.79 Å². The second-order valence-electron chi connectivity index (χ2n) is 7.34. The van der Waals surface area contributed by atoms with Gasteiger partial charge in [-0.05, 0) is 49.4 Å². The largest absolute Gasteiger partial charge is 0.354 e. The molecule has 3 nitrogen and oxygen atoms in total. The predicted molar refractivity (Wildman–Crippen MR) is 76.8 cm³/mol. The van der Waals surface area contributed by atoms with Crippen molar-refractivity contribution in [1.29, 1.82) is 0 Å². The fraction of sp³-hybridized carbons (Fsp3) is 0.938. The maximum atomic E-state index is 12.3. The Labute approximate surface area is 116 Å². The van der Waals surface area contributed by atoms with Crippen molar-refractivity contribution < 1.29 is 4.79 Å². The zero-order chi connectivity index (χ0) is 13.5. The zero-order valence-corrected chi connectivity index (χ0v) is 12.4. The number of hydrogen-bond acceptors (Lipinski definition) is 2. The summed E-state index contributed by atoms with van der Waals surface area (Å²) in [5.74, 6) is 1.69. The van der Waals surface area contributed by atoms with Crippen molar-refractivity contribution >= 4 is 5.91 Å². The molecule has 19 heavy (non-hydrogen) atoms. The van der Waals surface area contributed by atoms with Crippen molar-refractivity contribution in [3.05, 3.63) is 0 Å². The molecular weight excluding hydrogens is 236 g/mol. The number of carbonyl (C=O) groups is 1. The topological polar surface area (TPSA) is 41.1 Å². The smallest absolute Gasteiger partial charge is 0.237 e. The molecule has 0 spiro atoms. The molecule has 2 aliphatic carbocycles. The van der Waals surface area contributed by atoms with Crippen LogP contribution in [0.25, 0.3) is 0 Å². The summed E-state index contributed by atoms with van der Waals surface area (Å²) in [6, 6.07) is 0.695. The van der Waals surface area contributed by atoms with Crippen molar-refractivity contribution in [2.24, 2.45) is 17.3 Å². The van der Waals surface area contributed by atoms with Gasteiger partial charge in [0.15, 0.2) is 0 Å². The Morgan fingerprint density at radius 3 is 2.68 bits per heavy atom. The van der Waals surface area contributed by atoms with E-state index in [0.717, 1.165) is 18.9 Å². The van der Waals surface area contributed by atoms with E-state index in [1.807, 2.05) is 0 Å². The summed E-state index contributed by atoms with van der Waals surface area (Å²) in [6.07, 6.45) is 8.90. The van der Waals surface area contributed by atoms with E-state index in [9.17, 15) is 4.79 Å². The molecule has 1 heterocycles. The van der Waals surface area contributed by atoms with Crippen LogP contribution in [-0.4, -0.2) is 24.5 Å². The van der Waals surface area contributed by atoms with Crippen molar-refractivity contribution in [3.63, 3.8) is 0 Å². The molecule has 3 atom stereocenters. The highest BCUT2D eigenvalue weighted by molar-refractivity contribution is 5.82. The van der Waals surface area contributed by atoms with Crippen LogP contribution in [0.3, 0.4) is 0 Å². The molecule has 3 heteroatoms. The second-order valence-corrected chi connectivity index (χ2v) is 7.34. The zero-order valence-electron chi connectivity index (χ0n) is 12.4. The van der Waals surface area contributed by atoms with Crippen LogP contribution < -0.4 is 10.6 Å². The van der Waals surface area contributed by atoms with E-state index < -0.39 is 0 Å². The van der Waals surface area contributed by atoms with Gasteiger partial charge in [-0.2, -0.15) is 0 Å². The Hall–Kier alpha value is -0.570. The summed E-state index contributed by atoms with van der Waals surface area (Å²) in [4.78, 5) is 12.3. The van der Waals surface area contributed by atoms with Crippen molar-refractivity contribution in [3.8, 4) is 0 Å². The normalized spacial score (nSPS) is 36.1. The van der Waals surface area contributed by atoms with Gasteiger partial charge in [0, 0.05) is 12.6 Å². The first-order valence-electron chi connectivity index (χ1n) is 8.14. The van der Waals surface area contributed by atoms with E-state index in [0.29, 0.717) is 17.4 Å². The Balaban J connectivity index is 1.49. The van der Waals surface area contributed by atoms with Crippen LogP contribution in [0.4, 0.5) is 0 Å². The monoisotopic (exact) mass is 264 g/mol. The molecule has 3 unspecified atom stereocenters. The first-order valence-corrected chi connectivity index (χ1v) is 8.14. The third-order valence-electron chi connectivity index (χ3n) is 5.91. The summed E-state index contributed by atoms with van der Waals surface area (Å²) in [6.45, 7) is 5.44. The quantitative estimate of drug-likeness (QED) is 0.819. The van der Waals surface area contributed by atoms with Gasteiger partial charge in [0.1, 0.15) is 0 Å². The molecule has 0 aromatic rings. The van der Waals surface area contributed by atoms with Crippen molar-refractivity contribution in [2.45, 2.75) is 70.9 Å². The lowest BCUT2D eigenvalue weighted by atomic mass is 9.85. The van der Waals surface area contributed by atoms with Crippen LogP contribution >= 0.6 is 0 Å². The molecule has 0 bridgehead atoms. The molecule has 3 fully saturated rings. The number of fused-ring (bicyclic) bond motifs is 1. The summed E-state index contributed by atoms with van der Waals surface area (Å²) in [5, 5.41) is 6.78. The van der Waals surface area contributed by atoms with Crippen LogP contribution in [0.2, 0.25) is 0 Å². The summed E-state index contributed by atoms with van der Waals surface area (Å²) < 4.78 is 0. The molecule has 2 N–H and O–H groups in total. The average Bonchev–Trinajstić information content (AvgIpc) is 3.07. The lowest BCUT2D eigenvalue weighted by Gasteiger charge is -2.24. The van der Waals surface area contributed by atoms with E-state index in [2.05, 4.69) is 24.5 Å². The number of hydrogen-bond donors (Lipinski definition) is 2. The molecule has 3 aliphatic rings. The van der Waals surface area contributed by atoms with E-state index in [1.165, 1.54) is 38.5 Å². The molecule has 0 aromatic carbocycles. The lowest BCUT2D eigenvalue weighted by Crippen LogP contribution is -2.45. The van der Waals surface area contributed by atoms with E-state index >= 15 is 0 Å². The number of rotatable bonds is 4. The molecule has 2 saturated carbocycles. The van der Waals surface area contributed by atoms with Gasteiger partial charge in [-0.25, -0.2) is 0 Å². The third kappa shape index (κ3) is 2.67. The molecule has 3 rings (SSSR count). The SMILES string of the molecule is CC(C)C1(CNC(=O)C2CC3CCCCC3N2)CC1. The van der Waals surface area contributed by atoms with E-state index in [4.69, 9.17) is 0 Å². The minimum Gasteiger partial charge on any atom is -0.354 e. The van der Waals surface area contributed by atoms with Gasteiger partial charge in [0.25, 0.3) is 0 Å². The summed E-state index contributed by atoms with van der Waals surface area (Å²) >= 11 is 0. The highest BCUT2D eigenvalue weighted by Crippen LogP contribution is 2.51. The Kier molecular flexibility index (Phi) is 3.59. The van der Waals surface area contributed by atoms with E-state index in [1.54, 1.807) is 0 Å². The maximum Gasteiger partial charge on any atom is 0.237 e. The van der Waals surface area contributed by atoms with Gasteiger partial charge in [-0.1, -0.05) is 26.7 Å². The van der Waals surface area contributed by atoms with Crippen LogP contribution in [0.5, 0.6) is 0 Å². The van der Waals surface area contributed by atoms with Crippen LogP contribution in [0, 0.1) is 17.3 Å². The minimum atomic E-state index is 0.0797. The minimum absolute atomic E-state index is 0.0797. The Morgan fingerprint density at radius 1 is 1.32 bits per heavy atom. The Bertz CT molecular complexity index is 335. The number of carbonyl (C=O) groups excluding carboxylic acids is 1. The number of nitrogens with one attached hydrogen (secondary N) is 2. The van der Waals surface area contributed by atoms with Crippen LogP contribution in [0.1, 0.15) is 58.8 Å². The van der Waals surface area contributed by atoms with Gasteiger partial charge in [-0.15, -0.1) is 0 Å². The van der Waals surface area contributed by atoms with Gasteiger partial charge in [0.2, 0.25) is 5.91 Å². The average molecular weight is 264 g/mol. The van der Waals surface area contributed by atoms with Gasteiger partial charge >= 0.3 is 0 Å². The molecular formula is C16H28N2O. The molecule has 1 saturated heterocycles. The fourth-order valence-electron chi connectivity index (χ4n) is 4.03. The van der Waals surface area contributed by atoms with Crippen LogP contribution in [0.15, 0.2) is 0 Å².